The average molecular weight is 229 g/mol. The highest BCUT2D eigenvalue weighted by molar-refractivity contribution is 5.79. The zero-order valence-electron chi connectivity index (χ0n) is 9.76. The maximum absolute atomic E-state index is 11.3. The second-order valence-corrected chi connectivity index (χ2v) is 4.12. The van der Waals surface area contributed by atoms with Crippen LogP contribution < -0.4 is 16.0 Å². The van der Waals surface area contributed by atoms with Crippen LogP contribution in [0.4, 0.5) is 0 Å². The van der Waals surface area contributed by atoms with Crippen LogP contribution in [0.15, 0.2) is 0 Å². The van der Waals surface area contributed by atoms with Gasteiger partial charge in [0.05, 0.1) is 5.60 Å². The lowest BCUT2D eigenvalue weighted by Crippen LogP contribution is -2.59. The summed E-state index contributed by atoms with van der Waals surface area (Å²) < 4.78 is 5.44. The van der Waals surface area contributed by atoms with Gasteiger partial charge < -0.3 is 20.7 Å². The molecule has 92 valence electrons. The van der Waals surface area contributed by atoms with Gasteiger partial charge in [-0.3, -0.25) is 9.59 Å². The van der Waals surface area contributed by atoms with E-state index in [4.69, 9.17) is 4.74 Å². The van der Waals surface area contributed by atoms with E-state index < -0.39 is 0 Å². The fourth-order valence-electron chi connectivity index (χ4n) is 1.31. The Labute approximate surface area is 95.1 Å². The molecule has 0 aromatic rings. The zero-order valence-corrected chi connectivity index (χ0v) is 9.76. The van der Waals surface area contributed by atoms with E-state index in [1.165, 1.54) is 0 Å². The molecule has 3 N–H and O–H groups in total. The van der Waals surface area contributed by atoms with Crippen LogP contribution in [0.3, 0.4) is 0 Å². The summed E-state index contributed by atoms with van der Waals surface area (Å²) in [4.78, 5) is 22.2. The van der Waals surface area contributed by atoms with Crippen LogP contribution in [0, 0.1) is 0 Å². The first-order valence-corrected chi connectivity index (χ1v) is 5.38. The van der Waals surface area contributed by atoms with Crippen LogP contribution >= 0.6 is 0 Å². The predicted molar refractivity (Wildman–Crippen MR) is 58.9 cm³/mol. The van der Waals surface area contributed by atoms with Crippen molar-refractivity contribution in [2.75, 3.05) is 33.3 Å². The molecule has 16 heavy (non-hydrogen) atoms. The van der Waals surface area contributed by atoms with Gasteiger partial charge >= 0.3 is 0 Å². The van der Waals surface area contributed by atoms with Gasteiger partial charge in [-0.15, -0.1) is 0 Å². The summed E-state index contributed by atoms with van der Waals surface area (Å²) in [7, 11) is 1.57. The van der Waals surface area contributed by atoms with E-state index in [0.29, 0.717) is 13.0 Å². The average Bonchev–Trinajstić information content (AvgIpc) is 2.23. The summed E-state index contributed by atoms with van der Waals surface area (Å²) in [6.45, 7) is 3.90. The Balaban J connectivity index is 2.04. The van der Waals surface area contributed by atoms with Crippen LogP contribution in [-0.4, -0.2) is 50.7 Å². The molecule has 1 aliphatic rings. The second-order valence-electron chi connectivity index (χ2n) is 4.12. The zero-order chi connectivity index (χ0) is 12.0. The fraction of sp³-hybridized carbons (Fsp3) is 0.800. The third-order valence-corrected chi connectivity index (χ3v) is 2.50. The molecule has 0 spiro atoms. The highest BCUT2D eigenvalue weighted by Gasteiger charge is 2.32. The van der Waals surface area contributed by atoms with Crippen molar-refractivity contribution in [2.45, 2.75) is 18.9 Å². The van der Waals surface area contributed by atoms with Crippen molar-refractivity contribution in [1.82, 2.24) is 16.0 Å². The molecule has 0 aromatic carbocycles. The number of nitrogens with one attached hydrogen (secondary N) is 3. The number of carbonyl (C=O) groups excluding carboxylic acids is 2. The first-order valence-electron chi connectivity index (χ1n) is 5.38. The highest BCUT2D eigenvalue weighted by Crippen LogP contribution is 2.14. The predicted octanol–water partition coefficient (Wildman–Crippen LogP) is -1.38. The molecule has 0 aliphatic carbocycles. The molecule has 6 nitrogen and oxygen atoms in total. The van der Waals surface area contributed by atoms with Crippen molar-refractivity contribution >= 4 is 11.8 Å². The Hall–Kier alpha value is -1.14. The first kappa shape index (κ1) is 12.9. The third kappa shape index (κ3) is 4.16. The molecule has 6 heteroatoms. The molecule has 0 saturated carbocycles. The van der Waals surface area contributed by atoms with Crippen LogP contribution in [0.5, 0.6) is 0 Å². The lowest BCUT2D eigenvalue weighted by Gasteiger charge is -2.38. The minimum Gasteiger partial charge on any atom is -0.363 e. The Morgan fingerprint density at radius 3 is 2.56 bits per heavy atom. The number of ether oxygens (including phenoxy) is 1. The Bertz CT molecular complexity index is 264. The summed E-state index contributed by atoms with van der Waals surface area (Å²) >= 11 is 0. The SMILES string of the molecule is CNC(=O)CCNC(=O)COC1(C)CNC1. The van der Waals surface area contributed by atoms with Gasteiger partial charge in [0.25, 0.3) is 0 Å². The minimum absolute atomic E-state index is 0.0475. The third-order valence-electron chi connectivity index (χ3n) is 2.50. The lowest BCUT2D eigenvalue weighted by molar-refractivity contribution is -0.135. The Morgan fingerprint density at radius 2 is 2.06 bits per heavy atom. The van der Waals surface area contributed by atoms with E-state index in [9.17, 15) is 9.59 Å². The number of carbonyl (C=O) groups is 2. The fourth-order valence-corrected chi connectivity index (χ4v) is 1.31. The van der Waals surface area contributed by atoms with Crippen molar-refractivity contribution in [3.05, 3.63) is 0 Å². The van der Waals surface area contributed by atoms with E-state index in [-0.39, 0.29) is 24.0 Å². The van der Waals surface area contributed by atoms with Gasteiger partial charge in [0.1, 0.15) is 6.61 Å². The molecule has 1 aliphatic heterocycles. The van der Waals surface area contributed by atoms with Crippen LogP contribution in [0.2, 0.25) is 0 Å². The molecule has 0 aromatic heterocycles. The maximum atomic E-state index is 11.3. The normalized spacial score (nSPS) is 17.4. The van der Waals surface area contributed by atoms with Crippen molar-refractivity contribution < 1.29 is 14.3 Å². The van der Waals surface area contributed by atoms with E-state index in [1.807, 2.05) is 6.92 Å². The van der Waals surface area contributed by atoms with E-state index in [2.05, 4.69) is 16.0 Å². The smallest absolute Gasteiger partial charge is 0.246 e. The lowest BCUT2D eigenvalue weighted by atomic mass is 10.0. The van der Waals surface area contributed by atoms with Gasteiger partial charge in [-0.25, -0.2) is 0 Å². The summed E-state index contributed by atoms with van der Waals surface area (Å²) in [6, 6.07) is 0. The van der Waals surface area contributed by atoms with E-state index in [1.54, 1.807) is 7.05 Å². The summed E-state index contributed by atoms with van der Waals surface area (Å²) in [5.74, 6) is -0.270. The molecule has 1 fully saturated rings. The molecular weight excluding hydrogens is 210 g/mol. The second kappa shape index (κ2) is 5.81. The molecule has 0 atom stereocenters. The Morgan fingerprint density at radius 1 is 1.38 bits per heavy atom. The highest BCUT2D eigenvalue weighted by atomic mass is 16.5. The van der Waals surface area contributed by atoms with Crippen LogP contribution in [0.1, 0.15) is 13.3 Å². The van der Waals surface area contributed by atoms with Gasteiger partial charge in [-0.2, -0.15) is 0 Å². The van der Waals surface area contributed by atoms with E-state index in [0.717, 1.165) is 13.1 Å². The van der Waals surface area contributed by atoms with Gasteiger partial charge in [0, 0.05) is 33.1 Å². The monoisotopic (exact) mass is 229 g/mol. The van der Waals surface area contributed by atoms with Gasteiger partial charge in [0.15, 0.2) is 0 Å². The number of rotatable bonds is 6. The topological polar surface area (TPSA) is 79.5 Å². The molecule has 1 saturated heterocycles. The summed E-state index contributed by atoms with van der Waals surface area (Å²) in [5.41, 5.74) is -0.210. The standard InChI is InChI=1S/C10H19N3O3/c1-10(6-12-7-10)16-5-9(15)13-4-3-8(14)11-2/h12H,3-7H2,1-2H3,(H,11,14)(H,13,15). The van der Waals surface area contributed by atoms with Crippen molar-refractivity contribution in [3.63, 3.8) is 0 Å². The molecule has 0 bridgehead atoms. The van der Waals surface area contributed by atoms with Crippen molar-refractivity contribution in [2.24, 2.45) is 0 Å². The minimum atomic E-state index is -0.210. The summed E-state index contributed by atoms with van der Waals surface area (Å²) in [6.07, 6.45) is 0.293. The molecule has 2 amide bonds. The number of amides is 2. The molecule has 0 radical (unpaired) electrons. The van der Waals surface area contributed by atoms with E-state index >= 15 is 0 Å². The van der Waals surface area contributed by atoms with Gasteiger partial charge in [-0.05, 0) is 6.92 Å². The largest absolute Gasteiger partial charge is 0.363 e. The summed E-state index contributed by atoms with van der Waals surface area (Å²) in [5, 5.41) is 8.19. The first-order chi connectivity index (χ1) is 7.56. The van der Waals surface area contributed by atoms with Crippen LogP contribution in [0.25, 0.3) is 0 Å². The van der Waals surface area contributed by atoms with Crippen LogP contribution in [-0.2, 0) is 14.3 Å². The van der Waals surface area contributed by atoms with Gasteiger partial charge in [-0.1, -0.05) is 0 Å². The molecule has 0 unspecified atom stereocenters. The van der Waals surface area contributed by atoms with Crippen molar-refractivity contribution in [3.8, 4) is 0 Å². The quantitative estimate of drug-likeness (QED) is 0.524. The molecular formula is C10H19N3O3. The Kier molecular flexibility index (Phi) is 4.70. The molecule has 1 heterocycles. The number of hydrogen-bond acceptors (Lipinski definition) is 4. The number of hydrogen-bond donors (Lipinski definition) is 3. The van der Waals surface area contributed by atoms with Crippen molar-refractivity contribution in [1.29, 1.82) is 0 Å². The maximum Gasteiger partial charge on any atom is 0.246 e. The van der Waals surface area contributed by atoms with Gasteiger partial charge in [0.2, 0.25) is 11.8 Å². The molecule has 1 rings (SSSR count).